The summed E-state index contributed by atoms with van der Waals surface area (Å²) in [6, 6.07) is 8.02. The maximum atomic E-state index is 11.4. The second-order valence-electron chi connectivity index (χ2n) is 4.67. The van der Waals surface area contributed by atoms with Gasteiger partial charge in [0.15, 0.2) is 0 Å². The van der Waals surface area contributed by atoms with Crippen molar-refractivity contribution in [2.24, 2.45) is 0 Å². The van der Waals surface area contributed by atoms with Crippen LogP contribution < -0.4 is 0 Å². The lowest BCUT2D eigenvalue weighted by molar-refractivity contribution is 0.258. The van der Waals surface area contributed by atoms with Crippen LogP contribution in [0.1, 0.15) is 36.8 Å². The van der Waals surface area contributed by atoms with Crippen molar-refractivity contribution >= 4 is 9.84 Å². The zero-order chi connectivity index (χ0) is 13.6. The molecule has 1 N–H and O–H groups in total. The number of benzene rings is 1. The lowest BCUT2D eigenvalue weighted by Crippen LogP contribution is -2.11. The molecule has 0 aromatic heterocycles. The molecule has 3 nitrogen and oxygen atoms in total. The Kier molecular flexibility index (Phi) is 5.82. The number of hydrogen-bond donors (Lipinski definition) is 1. The van der Waals surface area contributed by atoms with Gasteiger partial charge < -0.3 is 5.11 Å². The SMILES string of the molecule is CCS(=O)(=O)CCCC(CO)c1cccc(C)c1. The lowest BCUT2D eigenvalue weighted by Gasteiger charge is -2.15. The molecule has 0 bridgehead atoms. The normalized spacial score (nSPS) is 13.5. The quantitative estimate of drug-likeness (QED) is 0.827. The van der Waals surface area contributed by atoms with Crippen LogP contribution in [0.15, 0.2) is 24.3 Å². The Morgan fingerprint density at radius 1 is 1.33 bits per heavy atom. The molecule has 0 spiro atoms. The first kappa shape index (κ1) is 15.2. The first-order valence-corrected chi connectivity index (χ1v) is 8.18. The van der Waals surface area contributed by atoms with Gasteiger partial charge in [-0.25, -0.2) is 8.42 Å². The van der Waals surface area contributed by atoms with Gasteiger partial charge >= 0.3 is 0 Å². The second-order valence-corrected chi connectivity index (χ2v) is 7.14. The molecule has 0 fully saturated rings. The van der Waals surface area contributed by atoms with E-state index in [1.165, 1.54) is 0 Å². The van der Waals surface area contributed by atoms with Gasteiger partial charge in [-0.1, -0.05) is 36.8 Å². The number of sulfone groups is 1. The summed E-state index contributed by atoms with van der Waals surface area (Å²) < 4.78 is 22.8. The molecule has 1 unspecified atom stereocenters. The fourth-order valence-electron chi connectivity index (χ4n) is 1.98. The van der Waals surface area contributed by atoms with Crippen LogP contribution in [-0.2, 0) is 9.84 Å². The van der Waals surface area contributed by atoms with Crippen LogP contribution in [0.3, 0.4) is 0 Å². The summed E-state index contributed by atoms with van der Waals surface area (Å²) in [5, 5.41) is 9.41. The Hall–Kier alpha value is -0.870. The first-order valence-electron chi connectivity index (χ1n) is 6.36. The minimum Gasteiger partial charge on any atom is -0.396 e. The van der Waals surface area contributed by atoms with Gasteiger partial charge in [-0.3, -0.25) is 0 Å². The van der Waals surface area contributed by atoms with E-state index in [1.54, 1.807) is 6.92 Å². The van der Waals surface area contributed by atoms with Crippen LogP contribution in [0.25, 0.3) is 0 Å². The van der Waals surface area contributed by atoms with Crippen LogP contribution >= 0.6 is 0 Å². The molecule has 0 saturated heterocycles. The highest BCUT2D eigenvalue weighted by atomic mass is 32.2. The van der Waals surface area contributed by atoms with Crippen molar-refractivity contribution in [2.75, 3.05) is 18.1 Å². The summed E-state index contributed by atoms with van der Waals surface area (Å²) in [6.45, 7) is 3.74. The zero-order valence-electron chi connectivity index (χ0n) is 11.1. The van der Waals surface area contributed by atoms with Gasteiger partial charge in [-0.05, 0) is 25.3 Å². The number of aliphatic hydroxyl groups excluding tert-OH is 1. The van der Waals surface area contributed by atoms with Gasteiger partial charge in [-0.2, -0.15) is 0 Å². The van der Waals surface area contributed by atoms with Crippen molar-refractivity contribution in [3.63, 3.8) is 0 Å². The van der Waals surface area contributed by atoms with Gasteiger partial charge in [0.1, 0.15) is 9.84 Å². The molecule has 4 heteroatoms. The van der Waals surface area contributed by atoms with E-state index in [4.69, 9.17) is 0 Å². The van der Waals surface area contributed by atoms with Gasteiger partial charge in [0.2, 0.25) is 0 Å². The molecule has 0 heterocycles. The van der Waals surface area contributed by atoms with E-state index in [2.05, 4.69) is 6.07 Å². The summed E-state index contributed by atoms with van der Waals surface area (Å²) in [7, 11) is -2.90. The molecule has 0 amide bonds. The highest BCUT2D eigenvalue weighted by Gasteiger charge is 2.13. The van der Waals surface area contributed by atoms with Crippen LogP contribution in [0.2, 0.25) is 0 Å². The van der Waals surface area contributed by atoms with E-state index in [-0.39, 0.29) is 24.0 Å². The average Bonchev–Trinajstić information content (AvgIpc) is 2.34. The number of aryl methyl sites for hydroxylation is 1. The molecule has 1 atom stereocenters. The Morgan fingerprint density at radius 2 is 2.06 bits per heavy atom. The monoisotopic (exact) mass is 270 g/mol. The molecule has 102 valence electrons. The van der Waals surface area contributed by atoms with Crippen LogP contribution in [-0.4, -0.2) is 31.6 Å². The summed E-state index contributed by atoms with van der Waals surface area (Å²) in [4.78, 5) is 0. The van der Waals surface area contributed by atoms with Gasteiger partial charge in [0.25, 0.3) is 0 Å². The smallest absolute Gasteiger partial charge is 0.150 e. The van der Waals surface area contributed by atoms with Crippen molar-refractivity contribution in [2.45, 2.75) is 32.6 Å². The van der Waals surface area contributed by atoms with Gasteiger partial charge in [-0.15, -0.1) is 0 Å². The zero-order valence-corrected chi connectivity index (χ0v) is 11.9. The number of aliphatic hydroxyl groups is 1. The molecule has 0 aliphatic rings. The van der Waals surface area contributed by atoms with Crippen molar-refractivity contribution < 1.29 is 13.5 Å². The van der Waals surface area contributed by atoms with Gasteiger partial charge in [0.05, 0.1) is 5.75 Å². The van der Waals surface area contributed by atoms with Crippen molar-refractivity contribution in [1.82, 2.24) is 0 Å². The molecule has 1 aromatic carbocycles. The highest BCUT2D eigenvalue weighted by molar-refractivity contribution is 7.91. The van der Waals surface area contributed by atoms with Gasteiger partial charge in [0, 0.05) is 18.3 Å². The average molecular weight is 270 g/mol. The third kappa shape index (κ3) is 4.78. The molecule has 0 radical (unpaired) electrons. The van der Waals surface area contributed by atoms with Crippen molar-refractivity contribution in [3.8, 4) is 0 Å². The molecule has 1 aromatic rings. The molecule has 0 aliphatic carbocycles. The topological polar surface area (TPSA) is 54.4 Å². The molecule has 18 heavy (non-hydrogen) atoms. The van der Waals surface area contributed by atoms with Crippen LogP contribution in [0, 0.1) is 6.92 Å². The lowest BCUT2D eigenvalue weighted by atomic mass is 9.94. The molecular weight excluding hydrogens is 248 g/mol. The Labute approximate surface area is 110 Å². The Bertz CT molecular complexity index is 466. The second kappa shape index (κ2) is 6.90. The van der Waals surface area contributed by atoms with Crippen molar-refractivity contribution in [1.29, 1.82) is 0 Å². The largest absolute Gasteiger partial charge is 0.396 e. The number of rotatable bonds is 7. The van der Waals surface area contributed by atoms with Crippen LogP contribution in [0.4, 0.5) is 0 Å². The maximum Gasteiger partial charge on any atom is 0.150 e. The summed E-state index contributed by atoms with van der Waals surface area (Å²) >= 11 is 0. The predicted molar refractivity (Wildman–Crippen MR) is 74.6 cm³/mol. The van der Waals surface area contributed by atoms with E-state index < -0.39 is 9.84 Å². The standard InChI is InChI=1S/C14H22O3S/c1-3-18(16,17)9-5-8-14(11-15)13-7-4-6-12(2)10-13/h4,6-7,10,14-15H,3,5,8-9,11H2,1-2H3. The third-order valence-corrected chi connectivity index (χ3v) is 4.97. The summed E-state index contributed by atoms with van der Waals surface area (Å²) in [6.07, 6.45) is 1.31. The van der Waals surface area contributed by atoms with E-state index in [0.717, 1.165) is 11.1 Å². The Morgan fingerprint density at radius 3 is 2.61 bits per heavy atom. The summed E-state index contributed by atoms with van der Waals surface area (Å²) in [5.41, 5.74) is 2.25. The van der Waals surface area contributed by atoms with E-state index >= 15 is 0 Å². The highest BCUT2D eigenvalue weighted by Crippen LogP contribution is 2.22. The summed E-state index contributed by atoms with van der Waals surface area (Å²) in [5.74, 6) is 0.449. The minimum atomic E-state index is -2.90. The molecule has 1 rings (SSSR count). The van der Waals surface area contributed by atoms with E-state index in [9.17, 15) is 13.5 Å². The number of hydrogen-bond acceptors (Lipinski definition) is 3. The first-order chi connectivity index (χ1) is 8.48. The van der Waals surface area contributed by atoms with E-state index in [0.29, 0.717) is 12.8 Å². The maximum absolute atomic E-state index is 11.4. The third-order valence-electron chi connectivity index (χ3n) is 3.18. The molecule has 0 saturated carbocycles. The predicted octanol–water partition coefficient (Wildman–Crippen LogP) is 2.29. The molecule has 0 aliphatic heterocycles. The molecular formula is C14H22O3S. The van der Waals surface area contributed by atoms with Crippen LogP contribution in [0.5, 0.6) is 0 Å². The van der Waals surface area contributed by atoms with Crippen molar-refractivity contribution in [3.05, 3.63) is 35.4 Å². The fourth-order valence-corrected chi connectivity index (χ4v) is 2.88. The fraction of sp³-hybridized carbons (Fsp3) is 0.571. The minimum absolute atomic E-state index is 0.0388. The van der Waals surface area contributed by atoms with E-state index in [1.807, 2.05) is 25.1 Å². The Balaban J connectivity index is 2.58.